The van der Waals surface area contributed by atoms with Crippen LogP contribution < -0.4 is 5.32 Å². The molecule has 0 fully saturated rings. The zero-order valence-electron chi connectivity index (χ0n) is 11.1. The van der Waals surface area contributed by atoms with Gasteiger partial charge in [-0.2, -0.15) is 11.8 Å². The van der Waals surface area contributed by atoms with Crippen LogP contribution in [0.3, 0.4) is 0 Å². The van der Waals surface area contributed by atoms with Crippen LogP contribution in [0.1, 0.15) is 31.7 Å². The second-order valence-corrected chi connectivity index (χ2v) is 5.39. The molecule has 0 bridgehead atoms. The molecule has 17 heavy (non-hydrogen) atoms. The van der Waals surface area contributed by atoms with Crippen molar-refractivity contribution < 1.29 is 0 Å². The number of benzene rings is 1. The van der Waals surface area contributed by atoms with Crippen LogP contribution in [-0.2, 0) is 6.42 Å². The van der Waals surface area contributed by atoms with Crippen LogP contribution in [-0.4, -0.2) is 24.6 Å². The van der Waals surface area contributed by atoms with Crippen LogP contribution in [0.25, 0.3) is 0 Å². The average molecular weight is 251 g/mol. The van der Waals surface area contributed by atoms with E-state index in [1.54, 1.807) is 0 Å². The second-order valence-electron chi connectivity index (χ2n) is 4.48. The van der Waals surface area contributed by atoms with Gasteiger partial charge < -0.3 is 5.32 Å². The molecule has 0 heterocycles. The fourth-order valence-corrected chi connectivity index (χ4v) is 2.68. The van der Waals surface area contributed by atoms with Gasteiger partial charge in [0.25, 0.3) is 0 Å². The van der Waals surface area contributed by atoms with E-state index >= 15 is 0 Å². The van der Waals surface area contributed by atoms with Gasteiger partial charge in [0, 0.05) is 11.8 Å². The van der Waals surface area contributed by atoms with Crippen molar-refractivity contribution in [3.05, 3.63) is 35.9 Å². The van der Waals surface area contributed by atoms with Gasteiger partial charge in [-0.15, -0.1) is 0 Å². The van der Waals surface area contributed by atoms with Crippen LogP contribution in [0.2, 0.25) is 0 Å². The molecule has 0 saturated carbocycles. The highest BCUT2D eigenvalue weighted by Crippen LogP contribution is 2.09. The first-order chi connectivity index (χ1) is 8.36. The van der Waals surface area contributed by atoms with Crippen molar-refractivity contribution in [3.63, 3.8) is 0 Å². The summed E-state index contributed by atoms with van der Waals surface area (Å²) in [6.07, 6.45) is 7.20. The predicted molar refractivity (Wildman–Crippen MR) is 79.8 cm³/mol. The standard InChI is InChI=1S/C15H25NS/c1-3-12-16-15(13-17-2)11-7-10-14-8-5-4-6-9-14/h4-6,8-9,15-16H,3,7,10-13H2,1-2H3. The van der Waals surface area contributed by atoms with Crippen LogP contribution in [0.4, 0.5) is 0 Å². The van der Waals surface area contributed by atoms with Crippen LogP contribution in [0, 0.1) is 0 Å². The molecule has 0 aliphatic heterocycles. The topological polar surface area (TPSA) is 12.0 Å². The van der Waals surface area contributed by atoms with E-state index in [1.807, 2.05) is 11.8 Å². The molecule has 96 valence electrons. The van der Waals surface area contributed by atoms with E-state index in [2.05, 4.69) is 48.8 Å². The van der Waals surface area contributed by atoms with E-state index in [4.69, 9.17) is 0 Å². The lowest BCUT2D eigenvalue weighted by molar-refractivity contribution is 0.504. The number of rotatable bonds is 9. The minimum atomic E-state index is 0.689. The van der Waals surface area contributed by atoms with Crippen molar-refractivity contribution in [3.8, 4) is 0 Å². The van der Waals surface area contributed by atoms with Gasteiger partial charge in [0.2, 0.25) is 0 Å². The molecule has 0 aliphatic carbocycles. The third kappa shape index (κ3) is 6.75. The predicted octanol–water partition coefficient (Wildman–Crippen LogP) is 3.74. The van der Waals surface area contributed by atoms with Gasteiger partial charge in [-0.25, -0.2) is 0 Å². The summed E-state index contributed by atoms with van der Waals surface area (Å²) in [5.41, 5.74) is 1.46. The third-order valence-corrected chi connectivity index (χ3v) is 3.65. The Bertz CT molecular complexity index is 274. The maximum Gasteiger partial charge on any atom is 0.0158 e. The highest BCUT2D eigenvalue weighted by Gasteiger charge is 2.06. The first kappa shape index (κ1) is 14.6. The lowest BCUT2D eigenvalue weighted by Crippen LogP contribution is -2.32. The first-order valence-corrected chi connectivity index (χ1v) is 8.02. The van der Waals surface area contributed by atoms with E-state index in [0.29, 0.717) is 6.04 Å². The highest BCUT2D eigenvalue weighted by atomic mass is 32.2. The Morgan fingerprint density at radius 1 is 1.24 bits per heavy atom. The van der Waals surface area contributed by atoms with Crippen LogP contribution in [0.15, 0.2) is 30.3 Å². The molecule has 0 spiro atoms. The third-order valence-electron chi connectivity index (χ3n) is 2.91. The van der Waals surface area contributed by atoms with Gasteiger partial charge in [-0.3, -0.25) is 0 Å². The number of thioether (sulfide) groups is 1. The molecule has 1 rings (SSSR count). The summed E-state index contributed by atoms with van der Waals surface area (Å²) in [7, 11) is 0. The maximum atomic E-state index is 3.64. The number of hydrogen-bond donors (Lipinski definition) is 1. The van der Waals surface area contributed by atoms with Crippen molar-refractivity contribution in [2.75, 3.05) is 18.6 Å². The van der Waals surface area contributed by atoms with Gasteiger partial charge in [0.15, 0.2) is 0 Å². The van der Waals surface area contributed by atoms with Gasteiger partial charge in [-0.05, 0) is 44.0 Å². The summed E-state index contributed by atoms with van der Waals surface area (Å²) in [4.78, 5) is 0. The second kappa shape index (κ2) is 9.55. The smallest absolute Gasteiger partial charge is 0.0158 e. The van der Waals surface area contributed by atoms with E-state index in [1.165, 1.54) is 37.0 Å². The Hall–Kier alpha value is -0.470. The molecular formula is C15H25NS. The largest absolute Gasteiger partial charge is 0.313 e. The summed E-state index contributed by atoms with van der Waals surface area (Å²) in [6.45, 7) is 3.38. The molecule has 0 amide bonds. The molecule has 0 saturated heterocycles. The lowest BCUT2D eigenvalue weighted by atomic mass is 10.1. The Kier molecular flexibility index (Phi) is 8.20. The lowest BCUT2D eigenvalue weighted by Gasteiger charge is -2.17. The van der Waals surface area contributed by atoms with Crippen LogP contribution in [0.5, 0.6) is 0 Å². The Balaban J connectivity index is 2.22. The number of nitrogens with one attached hydrogen (secondary N) is 1. The van der Waals surface area contributed by atoms with Gasteiger partial charge in [-0.1, -0.05) is 37.3 Å². The normalized spacial score (nSPS) is 12.6. The summed E-state index contributed by atoms with van der Waals surface area (Å²) in [5.74, 6) is 1.23. The zero-order valence-corrected chi connectivity index (χ0v) is 11.9. The van der Waals surface area contributed by atoms with E-state index in [0.717, 1.165) is 6.54 Å². The molecule has 1 aromatic rings. The Morgan fingerprint density at radius 2 is 2.00 bits per heavy atom. The fourth-order valence-electron chi connectivity index (χ4n) is 1.99. The Labute approximate surface area is 110 Å². The van der Waals surface area contributed by atoms with E-state index in [9.17, 15) is 0 Å². The maximum absolute atomic E-state index is 3.64. The van der Waals surface area contributed by atoms with Gasteiger partial charge >= 0.3 is 0 Å². The highest BCUT2D eigenvalue weighted by molar-refractivity contribution is 7.98. The molecule has 0 radical (unpaired) electrons. The average Bonchev–Trinajstić information content (AvgIpc) is 2.37. The first-order valence-electron chi connectivity index (χ1n) is 6.63. The van der Waals surface area contributed by atoms with Crippen LogP contribution >= 0.6 is 11.8 Å². The van der Waals surface area contributed by atoms with Crippen molar-refractivity contribution >= 4 is 11.8 Å². The molecule has 0 aromatic heterocycles. The molecule has 1 N–H and O–H groups in total. The van der Waals surface area contributed by atoms with Gasteiger partial charge in [0.05, 0.1) is 0 Å². The quantitative estimate of drug-likeness (QED) is 0.717. The molecule has 1 atom stereocenters. The molecule has 1 nitrogen and oxygen atoms in total. The summed E-state index contributed by atoms with van der Waals surface area (Å²) in [5, 5.41) is 3.64. The molecule has 2 heteroatoms. The summed E-state index contributed by atoms with van der Waals surface area (Å²) in [6, 6.07) is 11.5. The van der Waals surface area contributed by atoms with Crippen molar-refractivity contribution in [2.24, 2.45) is 0 Å². The van der Waals surface area contributed by atoms with Gasteiger partial charge in [0.1, 0.15) is 0 Å². The molecule has 1 unspecified atom stereocenters. The molecule has 0 aliphatic rings. The molecule has 1 aromatic carbocycles. The monoisotopic (exact) mass is 251 g/mol. The van der Waals surface area contributed by atoms with Crippen molar-refractivity contribution in [2.45, 2.75) is 38.6 Å². The minimum Gasteiger partial charge on any atom is -0.313 e. The molecular weight excluding hydrogens is 226 g/mol. The van der Waals surface area contributed by atoms with Crippen molar-refractivity contribution in [1.29, 1.82) is 0 Å². The van der Waals surface area contributed by atoms with E-state index in [-0.39, 0.29) is 0 Å². The fraction of sp³-hybridized carbons (Fsp3) is 0.600. The van der Waals surface area contributed by atoms with Crippen molar-refractivity contribution in [1.82, 2.24) is 5.32 Å². The SMILES string of the molecule is CCCNC(CCCc1ccccc1)CSC. The Morgan fingerprint density at radius 3 is 2.65 bits per heavy atom. The summed E-state index contributed by atoms with van der Waals surface area (Å²) >= 11 is 1.94. The van der Waals surface area contributed by atoms with E-state index < -0.39 is 0 Å². The minimum absolute atomic E-state index is 0.689. The zero-order chi connectivity index (χ0) is 12.3. The number of hydrogen-bond acceptors (Lipinski definition) is 2. The number of aryl methyl sites for hydroxylation is 1. The summed E-state index contributed by atoms with van der Waals surface area (Å²) < 4.78 is 0.